The van der Waals surface area contributed by atoms with Gasteiger partial charge in [-0.15, -0.1) is 0 Å². The van der Waals surface area contributed by atoms with E-state index in [1.54, 1.807) is 0 Å². The second-order valence-corrected chi connectivity index (χ2v) is 3.82. The fourth-order valence-electron chi connectivity index (χ4n) is 0.610. The average molecular weight is 206 g/mol. The van der Waals surface area contributed by atoms with E-state index in [4.69, 9.17) is 11.6 Å². The standard InChI is InChI=1S/C7H7ClSe/c1-9-7-5-3-2-4-6(7)8/h2-5H,1H3. The Balaban J connectivity index is 3.01. The molecule has 0 aromatic heterocycles. The van der Waals surface area contributed by atoms with Gasteiger partial charge in [0, 0.05) is 0 Å². The van der Waals surface area contributed by atoms with Gasteiger partial charge in [-0.05, 0) is 0 Å². The molecule has 0 saturated carbocycles. The van der Waals surface area contributed by atoms with Crippen molar-refractivity contribution in [3.8, 4) is 0 Å². The van der Waals surface area contributed by atoms with Crippen LogP contribution in [0.1, 0.15) is 0 Å². The van der Waals surface area contributed by atoms with Gasteiger partial charge < -0.3 is 0 Å². The molecule has 0 saturated heterocycles. The Bertz CT molecular complexity index is 198. The minimum atomic E-state index is 0.526. The summed E-state index contributed by atoms with van der Waals surface area (Å²) < 4.78 is 1.28. The zero-order valence-electron chi connectivity index (χ0n) is 5.10. The Morgan fingerprint density at radius 3 is 2.44 bits per heavy atom. The molecule has 1 aromatic carbocycles. The predicted octanol–water partition coefficient (Wildman–Crippen LogP) is 1.72. The van der Waals surface area contributed by atoms with E-state index in [0.29, 0.717) is 15.0 Å². The first kappa shape index (κ1) is 7.14. The molecule has 0 N–H and O–H groups in total. The van der Waals surface area contributed by atoms with E-state index >= 15 is 0 Å². The van der Waals surface area contributed by atoms with E-state index < -0.39 is 0 Å². The molecule has 9 heavy (non-hydrogen) atoms. The number of halogens is 1. The topological polar surface area (TPSA) is 0 Å². The van der Waals surface area contributed by atoms with Gasteiger partial charge in [0.1, 0.15) is 0 Å². The Kier molecular flexibility index (Phi) is 2.59. The van der Waals surface area contributed by atoms with E-state index in [0.717, 1.165) is 5.02 Å². The van der Waals surface area contributed by atoms with Gasteiger partial charge in [0.2, 0.25) is 0 Å². The Morgan fingerprint density at radius 2 is 2.00 bits per heavy atom. The maximum atomic E-state index is 5.84. The van der Waals surface area contributed by atoms with Gasteiger partial charge >= 0.3 is 66.1 Å². The van der Waals surface area contributed by atoms with E-state index in [-0.39, 0.29) is 0 Å². The molecule has 0 heterocycles. The summed E-state index contributed by atoms with van der Waals surface area (Å²) in [7, 11) is 0. The fourth-order valence-corrected chi connectivity index (χ4v) is 2.15. The molecule has 0 atom stereocenters. The first-order valence-corrected chi connectivity index (χ1v) is 5.58. The second kappa shape index (κ2) is 3.26. The molecule has 48 valence electrons. The van der Waals surface area contributed by atoms with Gasteiger partial charge in [0.25, 0.3) is 0 Å². The van der Waals surface area contributed by atoms with Crippen molar-refractivity contribution in [3.05, 3.63) is 29.3 Å². The Morgan fingerprint density at radius 1 is 1.33 bits per heavy atom. The molecule has 0 amide bonds. The number of rotatable bonds is 1. The number of hydrogen-bond acceptors (Lipinski definition) is 0. The van der Waals surface area contributed by atoms with Crippen LogP contribution in [0, 0.1) is 0 Å². The summed E-state index contributed by atoms with van der Waals surface area (Å²) in [6.45, 7) is 0. The van der Waals surface area contributed by atoms with E-state index in [1.807, 2.05) is 18.2 Å². The van der Waals surface area contributed by atoms with Gasteiger partial charge in [0.15, 0.2) is 0 Å². The fraction of sp³-hybridized carbons (Fsp3) is 0.143. The van der Waals surface area contributed by atoms with E-state index in [2.05, 4.69) is 11.9 Å². The van der Waals surface area contributed by atoms with Crippen LogP contribution in [0.3, 0.4) is 0 Å². The van der Waals surface area contributed by atoms with Crippen LogP contribution in [0.25, 0.3) is 0 Å². The van der Waals surface area contributed by atoms with Crippen molar-refractivity contribution in [1.82, 2.24) is 0 Å². The van der Waals surface area contributed by atoms with Crippen molar-refractivity contribution in [3.63, 3.8) is 0 Å². The van der Waals surface area contributed by atoms with Gasteiger partial charge in [-0.1, -0.05) is 0 Å². The third-order valence-corrected chi connectivity index (χ3v) is 3.31. The molecule has 0 unspecified atom stereocenters. The summed E-state index contributed by atoms with van der Waals surface area (Å²) in [6.07, 6.45) is 0. The molecule has 2 heteroatoms. The number of hydrogen-bond donors (Lipinski definition) is 0. The molecule has 0 bridgehead atoms. The van der Waals surface area contributed by atoms with Gasteiger partial charge in [-0.2, -0.15) is 0 Å². The summed E-state index contributed by atoms with van der Waals surface area (Å²) >= 11 is 6.37. The van der Waals surface area contributed by atoms with E-state index in [1.165, 1.54) is 4.46 Å². The maximum absolute atomic E-state index is 5.84. The molecule has 1 aromatic rings. The van der Waals surface area contributed by atoms with Crippen molar-refractivity contribution < 1.29 is 0 Å². The summed E-state index contributed by atoms with van der Waals surface area (Å²) in [5, 5.41) is 0.903. The Labute approximate surface area is 66.4 Å². The molecule has 0 radical (unpaired) electrons. The first-order valence-electron chi connectivity index (χ1n) is 2.63. The normalized spacial score (nSPS) is 9.56. The van der Waals surface area contributed by atoms with Crippen molar-refractivity contribution in [1.29, 1.82) is 0 Å². The first-order chi connectivity index (χ1) is 4.34. The van der Waals surface area contributed by atoms with Crippen molar-refractivity contribution in [2.24, 2.45) is 0 Å². The van der Waals surface area contributed by atoms with Crippen molar-refractivity contribution in [2.45, 2.75) is 5.82 Å². The zero-order chi connectivity index (χ0) is 6.69. The minimum absolute atomic E-state index is 0.526. The molecule has 1 rings (SSSR count). The van der Waals surface area contributed by atoms with Crippen LogP contribution >= 0.6 is 11.6 Å². The van der Waals surface area contributed by atoms with Crippen LogP contribution in [-0.4, -0.2) is 15.0 Å². The molecular weight excluding hydrogens is 198 g/mol. The van der Waals surface area contributed by atoms with Crippen LogP contribution in [0.15, 0.2) is 24.3 Å². The average Bonchev–Trinajstić information content (AvgIpc) is 1.89. The number of benzene rings is 1. The van der Waals surface area contributed by atoms with Crippen LogP contribution in [-0.2, 0) is 0 Å². The molecule has 0 aliphatic heterocycles. The van der Waals surface area contributed by atoms with Gasteiger partial charge in [0.05, 0.1) is 0 Å². The van der Waals surface area contributed by atoms with Gasteiger partial charge in [-0.3, -0.25) is 0 Å². The molecule has 0 spiro atoms. The molecule has 0 aliphatic carbocycles. The SMILES string of the molecule is C[Se]c1ccccc1Cl. The van der Waals surface area contributed by atoms with Crippen LogP contribution in [0.4, 0.5) is 0 Å². The second-order valence-electron chi connectivity index (χ2n) is 1.63. The summed E-state index contributed by atoms with van der Waals surface area (Å²) in [6, 6.07) is 7.98. The van der Waals surface area contributed by atoms with Crippen molar-refractivity contribution in [2.75, 3.05) is 0 Å². The predicted molar refractivity (Wildman–Crippen MR) is 42.7 cm³/mol. The quantitative estimate of drug-likeness (QED) is 0.613. The van der Waals surface area contributed by atoms with Crippen LogP contribution in [0.5, 0.6) is 0 Å². The molecular formula is C7H7ClSe. The summed E-state index contributed by atoms with van der Waals surface area (Å²) in [5.41, 5.74) is 0. The zero-order valence-corrected chi connectivity index (χ0v) is 7.56. The monoisotopic (exact) mass is 206 g/mol. The summed E-state index contributed by atoms with van der Waals surface area (Å²) in [4.78, 5) is 0. The summed E-state index contributed by atoms with van der Waals surface area (Å²) in [5.74, 6) is 2.16. The molecule has 0 fully saturated rings. The van der Waals surface area contributed by atoms with Crippen molar-refractivity contribution >= 4 is 31.0 Å². The van der Waals surface area contributed by atoms with Crippen LogP contribution < -0.4 is 4.46 Å². The molecule has 0 nitrogen and oxygen atoms in total. The van der Waals surface area contributed by atoms with Crippen LogP contribution in [0.2, 0.25) is 10.8 Å². The Hall–Kier alpha value is 0.0295. The third kappa shape index (κ3) is 1.72. The van der Waals surface area contributed by atoms with Gasteiger partial charge in [-0.25, -0.2) is 0 Å². The third-order valence-electron chi connectivity index (χ3n) is 1.06. The molecule has 0 aliphatic rings. The van der Waals surface area contributed by atoms with E-state index in [9.17, 15) is 0 Å².